The van der Waals surface area contributed by atoms with E-state index >= 15 is 0 Å². The zero-order valence-electron chi connectivity index (χ0n) is 13.2. The molecule has 0 unspecified atom stereocenters. The fourth-order valence-corrected chi connectivity index (χ4v) is 3.30. The standard InChI is InChI=1S/C13H19N5O3S2/c1-11-10-22-13(17(11)3)15-14-9-12-16(2)6-7-18(12)5-4-8-23(19,20)21/h6-7,9-10H,4-5,8H2,1-3H3/p+1. The average molecular weight is 358 g/mol. The van der Waals surface area contributed by atoms with E-state index in [9.17, 15) is 8.42 Å². The molecule has 0 aliphatic carbocycles. The van der Waals surface area contributed by atoms with Crippen LogP contribution in [0.25, 0.3) is 0 Å². The predicted octanol–water partition coefficient (Wildman–Crippen LogP) is 0.234. The van der Waals surface area contributed by atoms with E-state index in [1.807, 2.05) is 52.5 Å². The molecule has 126 valence electrons. The minimum absolute atomic E-state index is 0.264. The Hall–Kier alpha value is -1.78. The summed E-state index contributed by atoms with van der Waals surface area (Å²) >= 11 is 1.51. The van der Waals surface area contributed by atoms with Gasteiger partial charge in [0, 0.05) is 24.5 Å². The van der Waals surface area contributed by atoms with Crippen molar-refractivity contribution in [1.82, 2.24) is 9.13 Å². The normalized spacial score (nSPS) is 13.3. The topological polar surface area (TPSA) is 92.8 Å². The molecule has 2 aromatic rings. The molecule has 0 aromatic carbocycles. The number of aromatic nitrogens is 3. The molecular weight excluding hydrogens is 338 g/mol. The first-order valence-electron chi connectivity index (χ1n) is 6.96. The van der Waals surface area contributed by atoms with E-state index in [0.717, 1.165) is 16.3 Å². The fourth-order valence-electron chi connectivity index (χ4n) is 1.97. The van der Waals surface area contributed by atoms with Crippen molar-refractivity contribution in [2.75, 3.05) is 5.75 Å². The van der Waals surface area contributed by atoms with Crippen LogP contribution in [0.15, 0.2) is 28.0 Å². The minimum atomic E-state index is -3.93. The number of hydrogen-bond acceptors (Lipinski definition) is 5. The summed E-state index contributed by atoms with van der Waals surface area (Å²) < 4.78 is 36.0. The van der Waals surface area contributed by atoms with Crippen molar-refractivity contribution in [3.8, 4) is 0 Å². The molecule has 2 rings (SSSR count). The highest BCUT2D eigenvalue weighted by Gasteiger charge is 2.13. The molecule has 1 N–H and O–H groups in total. The van der Waals surface area contributed by atoms with Crippen molar-refractivity contribution < 1.29 is 17.5 Å². The van der Waals surface area contributed by atoms with Crippen LogP contribution in [0.3, 0.4) is 0 Å². The van der Waals surface area contributed by atoms with Crippen LogP contribution in [-0.2, 0) is 30.8 Å². The van der Waals surface area contributed by atoms with Crippen molar-refractivity contribution in [2.45, 2.75) is 19.9 Å². The van der Waals surface area contributed by atoms with Gasteiger partial charge < -0.3 is 4.57 Å². The molecule has 10 heteroatoms. The van der Waals surface area contributed by atoms with Gasteiger partial charge >= 0.3 is 5.82 Å². The lowest BCUT2D eigenvalue weighted by molar-refractivity contribution is -0.671. The van der Waals surface area contributed by atoms with Gasteiger partial charge in [-0.3, -0.25) is 4.55 Å². The summed E-state index contributed by atoms with van der Waals surface area (Å²) in [6, 6.07) is 0. The highest BCUT2D eigenvalue weighted by molar-refractivity contribution is 7.85. The van der Waals surface area contributed by atoms with Gasteiger partial charge in [0.2, 0.25) is 4.80 Å². The fraction of sp³-hybridized carbons (Fsp3) is 0.462. The molecule has 2 aromatic heterocycles. The van der Waals surface area contributed by atoms with Crippen molar-refractivity contribution in [2.24, 2.45) is 24.3 Å². The summed E-state index contributed by atoms with van der Waals surface area (Å²) in [7, 11) is -0.130. The number of rotatable bonds is 6. The first kappa shape index (κ1) is 17.6. The van der Waals surface area contributed by atoms with Gasteiger partial charge in [-0.15, -0.1) is 21.5 Å². The Balaban J connectivity index is 2.14. The largest absolute Gasteiger partial charge is 0.323 e. The summed E-state index contributed by atoms with van der Waals surface area (Å²) in [4.78, 5) is 0.797. The van der Waals surface area contributed by atoms with E-state index in [2.05, 4.69) is 10.2 Å². The molecule has 0 aliphatic heterocycles. The molecule has 23 heavy (non-hydrogen) atoms. The molecule has 0 amide bonds. The summed E-state index contributed by atoms with van der Waals surface area (Å²) in [5, 5.41) is 10.3. The molecule has 0 fully saturated rings. The summed E-state index contributed by atoms with van der Waals surface area (Å²) in [6.07, 6.45) is 5.64. The van der Waals surface area contributed by atoms with E-state index in [1.54, 1.807) is 6.21 Å². The molecule has 0 radical (unpaired) electrons. The second kappa shape index (κ2) is 7.20. The van der Waals surface area contributed by atoms with Gasteiger partial charge in [0.05, 0.1) is 19.3 Å². The second-order valence-corrected chi connectivity index (χ2v) is 7.57. The Morgan fingerprint density at radius 1 is 1.48 bits per heavy atom. The maximum atomic E-state index is 10.8. The minimum Gasteiger partial charge on any atom is -0.323 e. The van der Waals surface area contributed by atoms with Gasteiger partial charge in [0.25, 0.3) is 10.1 Å². The molecule has 0 aliphatic rings. The van der Waals surface area contributed by atoms with E-state index in [0.29, 0.717) is 13.0 Å². The molecule has 0 spiro atoms. The molecule has 0 atom stereocenters. The maximum Gasteiger partial charge on any atom is 0.301 e. The highest BCUT2D eigenvalue weighted by Crippen LogP contribution is 1.99. The maximum absolute atomic E-state index is 10.8. The number of imidazole rings is 1. The Morgan fingerprint density at radius 3 is 2.83 bits per heavy atom. The van der Waals surface area contributed by atoms with E-state index < -0.39 is 10.1 Å². The summed E-state index contributed by atoms with van der Waals surface area (Å²) in [5.41, 5.74) is 1.11. The van der Waals surface area contributed by atoms with Gasteiger partial charge in [-0.05, 0) is 6.92 Å². The monoisotopic (exact) mass is 358 g/mol. The third-order valence-electron chi connectivity index (χ3n) is 3.39. The van der Waals surface area contributed by atoms with Crippen LogP contribution in [0.4, 0.5) is 0 Å². The quantitative estimate of drug-likeness (QED) is 0.347. The summed E-state index contributed by atoms with van der Waals surface area (Å²) in [5.74, 6) is 0.528. The van der Waals surface area contributed by atoms with Crippen molar-refractivity contribution in [3.63, 3.8) is 0 Å². The Kier molecular flexibility index (Phi) is 5.50. The van der Waals surface area contributed by atoms with Crippen LogP contribution in [0.5, 0.6) is 0 Å². The Bertz CT molecular complexity index is 874. The number of thiazole rings is 1. The van der Waals surface area contributed by atoms with Crippen molar-refractivity contribution >= 4 is 27.7 Å². The van der Waals surface area contributed by atoms with E-state index in [-0.39, 0.29) is 5.75 Å². The number of nitrogens with zero attached hydrogens (tertiary/aromatic N) is 5. The Labute approximate surface area is 138 Å². The van der Waals surface area contributed by atoms with Crippen molar-refractivity contribution in [1.29, 1.82) is 0 Å². The average Bonchev–Trinajstić information content (AvgIpc) is 2.96. The van der Waals surface area contributed by atoms with Crippen LogP contribution in [0.2, 0.25) is 0 Å². The van der Waals surface area contributed by atoms with Gasteiger partial charge in [-0.1, -0.05) is 0 Å². The van der Waals surface area contributed by atoms with Gasteiger partial charge in [0.1, 0.15) is 18.6 Å². The first-order valence-corrected chi connectivity index (χ1v) is 9.45. The van der Waals surface area contributed by atoms with Crippen LogP contribution >= 0.6 is 11.3 Å². The second-order valence-electron chi connectivity index (χ2n) is 5.16. The lowest BCUT2D eigenvalue weighted by Crippen LogP contribution is -2.32. The van der Waals surface area contributed by atoms with Gasteiger partial charge in [0.15, 0.2) is 0 Å². The molecule has 0 saturated heterocycles. The molecule has 0 saturated carbocycles. The van der Waals surface area contributed by atoms with Crippen LogP contribution in [0, 0.1) is 6.92 Å². The predicted molar refractivity (Wildman–Crippen MR) is 87.8 cm³/mol. The van der Waals surface area contributed by atoms with Gasteiger partial charge in [-0.2, -0.15) is 8.42 Å². The van der Waals surface area contributed by atoms with Crippen LogP contribution < -0.4 is 9.37 Å². The zero-order valence-corrected chi connectivity index (χ0v) is 14.9. The number of aryl methyl sites for hydroxylation is 3. The van der Waals surface area contributed by atoms with Crippen molar-refractivity contribution in [3.05, 3.63) is 34.1 Å². The van der Waals surface area contributed by atoms with Gasteiger partial charge in [-0.25, -0.2) is 9.13 Å². The highest BCUT2D eigenvalue weighted by atomic mass is 32.2. The lowest BCUT2D eigenvalue weighted by atomic mass is 10.4. The molecule has 2 heterocycles. The Morgan fingerprint density at radius 2 is 2.22 bits per heavy atom. The first-order chi connectivity index (χ1) is 10.8. The van der Waals surface area contributed by atoms with E-state index in [4.69, 9.17) is 4.55 Å². The summed E-state index contributed by atoms with van der Waals surface area (Å²) in [6.45, 7) is 2.47. The number of hydrogen-bond donors (Lipinski definition) is 1. The van der Waals surface area contributed by atoms with E-state index in [1.165, 1.54) is 11.3 Å². The third kappa shape index (κ3) is 4.85. The van der Waals surface area contributed by atoms with Crippen LogP contribution in [0.1, 0.15) is 17.9 Å². The zero-order chi connectivity index (χ0) is 17.0. The lowest BCUT2D eigenvalue weighted by Gasteiger charge is -1.98. The molecule has 0 bridgehead atoms. The van der Waals surface area contributed by atoms with Crippen LogP contribution in [-0.4, -0.2) is 34.1 Å². The molecular formula is C13H20N5O3S2+. The SMILES string of the molecule is Cc1csc(=NN=Cc2n(CCCS(=O)(=O)O)cc[n+]2C)n1C. The molecule has 8 nitrogen and oxygen atoms in total. The smallest absolute Gasteiger partial charge is 0.301 e. The third-order valence-corrected chi connectivity index (χ3v) is 5.22.